The molecule has 0 bridgehead atoms. The molecule has 0 radical (unpaired) electrons. The third-order valence-corrected chi connectivity index (χ3v) is 6.04. The molecule has 4 rings (SSSR count). The van der Waals surface area contributed by atoms with Crippen molar-refractivity contribution < 1.29 is 19.4 Å². The molecular weight excluding hydrogens is 406 g/mol. The summed E-state index contributed by atoms with van der Waals surface area (Å²) < 4.78 is 5.54. The molecule has 0 atom stereocenters. The first-order valence-electron chi connectivity index (χ1n) is 9.73. The molecule has 1 fully saturated rings. The maximum absolute atomic E-state index is 11.6. The van der Waals surface area contributed by atoms with Gasteiger partial charge < -0.3 is 19.7 Å². The number of nitrogens with one attached hydrogen (secondary N) is 1. The molecule has 0 saturated carbocycles. The number of hydrogen-bond acceptors (Lipinski definition) is 5. The zero-order chi connectivity index (χ0) is 21.4. The Hall–Kier alpha value is -3.06. The summed E-state index contributed by atoms with van der Waals surface area (Å²) in [6.45, 7) is 3.17. The Morgan fingerprint density at radius 2 is 1.97 bits per heavy atom. The standard InChI is InChI=1S/C22H22ClN3O4/c1-12(27)13-5-7-26(8-6-13)20-4-3-14(21(25-20)30-2)15-9-16-17(22(28)29)11-24-19(16)10-18(15)23/h3-4,9-11,13,24H,5-8H2,1-2H3,(H,28,29). The molecule has 1 aliphatic rings. The second kappa shape index (κ2) is 7.99. The van der Waals surface area contributed by atoms with Crippen LogP contribution in [0.25, 0.3) is 22.0 Å². The molecule has 0 unspecified atom stereocenters. The van der Waals surface area contributed by atoms with Gasteiger partial charge in [-0.15, -0.1) is 0 Å². The predicted octanol–water partition coefficient (Wildman–Crippen LogP) is 4.40. The smallest absolute Gasteiger partial charge is 0.337 e. The highest BCUT2D eigenvalue weighted by Crippen LogP contribution is 2.38. The van der Waals surface area contributed by atoms with Crippen LogP contribution in [0.2, 0.25) is 5.02 Å². The molecule has 30 heavy (non-hydrogen) atoms. The summed E-state index contributed by atoms with van der Waals surface area (Å²) in [5.41, 5.74) is 2.17. The summed E-state index contributed by atoms with van der Waals surface area (Å²) in [4.78, 5) is 32.9. The van der Waals surface area contributed by atoms with Crippen molar-refractivity contribution in [3.63, 3.8) is 0 Å². The van der Waals surface area contributed by atoms with E-state index in [1.54, 1.807) is 26.2 Å². The maximum Gasteiger partial charge on any atom is 0.337 e. The third-order valence-electron chi connectivity index (χ3n) is 5.72. The van der Waals surface area contributed by atoms with Gasteiger partial charge in [-0.25, -0.2) is 4.79 Å². The SMILES string of the molecule is COc1nc(N2CCC(C(C)=O)CC2)ccc1-c1cc2c(C(=O)O)c[nH]c2cc1Cl. The van der Waals surface area contributed by atoms with Gasteiger partial charge in [-0.1, -0.05) is 11.6 Å². The number of aromatic amines is 1. The van der Waals surface area contributed by atoms with Gasteiger partial charge in [-0.05, 0) is 44.0 Å². The van der Waals surface area contributed by atoms with E-state index in [0.29, 0.717) is 32.9 Å². The number of anilines is 1. The molecule has 8 heteroatoms. The first-order chi connectivity index (χ1) is 14.4. The second-order valence-electron chi connectivity index (χ2n) is 7.48. The summed E-state index contributed by atoms with van der Waals surface area (Å²) in [5, 5.41) is 10.5. The lowest BCUT2D eigenvalue weighted by molar-refractivity contribution is -0.121. The van der Waals surface area contributed by atoms with Crippen molar-refractivity contribution in [3.05, 3.63) is 41.0 Å². The lowest BCUT2D eigenvalue weighted by atomic mass is 9.93. The molecule has 0 amide bonds. The molecule has 7 nitrogen and oxygen atoms in total. The molecule has 1 saturated heterocycles. The second-order valence-corrected chi connectivity index (χ2v) is 7.89. The predicted molar refractivity (Wildman–Crippen MR) is 116 cm³/mol. The number of ketones is 1. The monoisotopic (exact) mass is 427 g/mol. The molecule has 3 heterocycles. The van der Waals surface area contributed by atoms with Crippen molar-refractivity contribution in [3.8, 4) is 17.0 Å². The minimum absolute atomic E-state index is 0.123. The molecule has 3 aromatic rings. The van der Waals surface area contributed by atoms with E-state index in [1.807, 2.05) is 12.1 Å². The fourth-order valence-electron chi connectivity index (χ4n) is 4.01. The highest BCUT2D eigenvalue weighted by molar-refractivity contribution is 6.34. The van der Waals surface area contributed by atoms with Gasteiger partial charge in [0.1, 0.15) is 11.6 Å². The number of fused-ring (bicyclic) bond motifs is 1. The number of halogens is 1. The van der Waals surface area contributed by atoms with Gasteiger partial charge in [0.05, 0.1) is 17.7 Å². The van der Waals surface area contributed by atoms with Crippen LogP contribution in [0.4, 0.5) is 5.82 Å². The number of aromatic nitrogens is 2. The van der Waals surface area contributed by atoms with Gasteiger partial charge in [0, 0.05) is 47.2 Å². The summed E-state index contributed by atoms with van der Waals surface area (Å²) >= 11 is 6.50. The van der Waals surface area contributed by atoms with Crippen LogP contribution in [0, 0.1) is 5.92 Å². The topological polar surface area (TPSA) is 95.5 Å². The number of ether oxygens (including phenoxy) is 1. The number of carboxylic acids is 1. The first-order valence-corrected chi connectivity index (χ1v) is 10.1. The van der Waals surface area contributed by atoms with Crippen LogP contribution in [0.15, 0.2) is 30.5 Å². The van der Waals surface area contributed by atoms with E-state index in [9.17, 15) is 14.7 Å². The number of rotatable bonds is 5. The Kier molecular flexibility index (Phi) is 5.39. The fourth-order valence-corrected chi connectivity index (χ4v) is 4.27. The summed E-state index contributed by atoms with van der Waals surface area (Å²) in [7, 11) is 1.54. The number of pyridine rings is 1. The van der Waals surface area contributed by atoms with Gasteiger partial charge in [0.2, 0.25) is 5.88 Å². The number of carbonyl (C=O) groups is 2. The van der Waals surface area contributed by atoms with Crippen LogP contribution in [0.3, 0.4) is 0 Å². The zero-order valence-electron chi connectivity index (χ0n) is 16.7. The number of carbonyl (C=O) groups excluding carboxylic acids is 1. The quantitative estimate of drug-likeness (QED) is 0.626. The molecule has 0 spiro atoms. The van der Waals surface area contributed by atoms with Gasteiger partial charge in [0.15, 0.2) is 0 Å². The molecule has 156 valence electrons. The van der Waals surface area contributed by atoms with E-state index >= 15 is 0 Å². The van der Waals surface area contributed by atoms with E-state index in [0.717, 1.165) is 31.7 Å². The van der Waals surface area contributed by atoms with Crippen LogP contribution in [-0.4, -0.2) is 47.0 Å². The lowest BCUT2D eigenvalue weighted by Crippen LogP contribution is -2.36. The molecule has 2 aromatic heterocycles. The van der Waals surface area contributed by atoms with Crippen LogP contribution in [-0.2, 0) is 4.79 Å². The average Bonchev–Trinajstić information content (AvgIpc) is 3.15. The Bertz CT molecular complexity index is 1130. The van der Waals surface area contributed by atoms with Gasteiger partial charge in [-0.3, -0.25) is 4.79 Å². The zero-order valence-corrected chi connectivity index (χ0v) is 17.5. The summed E-state index contributed by atoms with van der Waals surface area (Å²) in [6, 6.07) is 7.24. The van der Waals surface area contributed by atoms with Crippen molar-refractivity contribution in [2.75, 3.05) is 25.1 Å². The van der Waals surface area contributed by atoms with Crippen LogP contribution in [0.1, 0.15) is 30.1 Å². The molecule has 1 aliphatic heterocycles. The highest BCUT2D eigenvalue weighted by Gasteiger charge is 2.24. The van der Waals surface area contributed by atoms with Gasteiger partial charge in [0.25, 0.3) is 0 Å². The normalized spacial score (nSPS) is 14.8. The van der Waals surface area contributed by atoms with E-state index < -0.39 is 5.97 Å². The summed E-state index contributed by atoms with van der Waals surface area (Å²) in [5.74, 6) is 0.547. The number of carboxylic acid groups (broad SMARTS) is 1. The van der Waals surface area contributed by atoms with Crippen molar-refractivity contribution in [1.29, 1.82) is 0 Å². The Morgan fingerprint density at radius 3 is 2.60 bits per heavy atom. The number of aromatic carboxylic acids is 1. The Balaban J connectivity index is 1.70. The van der Waals surface area contributed by atoms with Gasteiger partial charge in [-0.2, -0.15) is 4.98 Å². The lowest BCUT2D eigenvalue weighted by Gasteiger charge is -2.32. The Morgan fingerprint density at radius 1 is 1.23 bits per heavy atom. The van der Waals surface area contributed by atoms with Crippen molar-refractivity contribution in [2.45, 2.75) is 19.8 Å². The van der Waals surface area contributed by atoms with Crippen LogP contribution in [0.5, 0.6) is 5.88 Å². The minimum Gasteiger partial charge on any atom is -0.480 e. The number of H-pyrrole nitrogens is 1. The summed E-state index contributed by atoms with van der Waals surface area (Å²) in [6.07, 6.45) is 3.08. The van der Waals surface area contributed by atoms with Crippen molar-refractivity contribution in [1.82, 2.24) is 9.97 Å². The van der Waals surface area contributed by atoms with Crippen molar-refractivity contribution in [2.24, 2.45) is 5.92 Å². The number of Topliss-reactive ketones (excluding diaryl/α,β-unsaturated/α-hetero) is 1. The fraction of sp³-hybridized carbons (Fsp3) is 0.318. The third kappa shape index (κ3) is 3.61. The van der Waals surface area contributed by atoms with E-state index in [-0.39, 0.29) is 17.3 Å². The van der Waals surface area contributed by atoms with Gasteiger partial charge >= 0.3 is 5.97 Å². The molecule has 1 aromatic carbocycles. The number of hydrogen-bond donors (Lipinski definition) is 2. The number of piperidine rings is 1. The van der Waals surface area contributed by atoms with Crippen LogP contribution >= 0.6 is 11.6 Å². The van der Waals surface area contributed by atoms with E-state index in [2.05, 4.69) is 14.9 Å². The first kappa shape index (κ1) is 20.2. The van der Waals surface area contributed by atoms with E-state index in [4.69, 9.17) is 16.3 Å². The van der Waals surface area contributed by atoms with Crippen LogP contribution < -0.4 is 9.64 Å². The highest BCUT2D eigenvalue weighted by atomic mass is 35.5. The number of benzene rings is 1. The number of methoxy groups -OCH3 is 1. The maximum atomic E-state index is 11.6. The minimum atomic E-state index is -1.01. The molecule has 0 aliphatic carbocycles. The molecule has 2 N–H and O–H groups in total. The average molecular weight is 428 g/mol. The number of nitrogens with zero attached hydrogens (tertiary/aromatic N) is 2. The Labute approximate surface area is 178 Å². The molecular formula is C22H22ClN3O4. The van der Waals surface area contributed by atoms with E-state index in [1.165, 1.54) is 6.20 Å². The largest absolute Gasteiger partial charge is 0.480 e. The van der Waals surface area contributed by atoms with Crippen molar-refractivity contribution >= 4 is 40.1 Å².